The van der Waals surface area contributed by atoms with E-state index in [2.05, 4.69) is 10.6 Å². The van der Waals surface area contributed by atoms with Gasteiger partial charge in [0, 0.05) is 25.1 Å². The van der Waals surface area contributed by atoms with Crippen molar-refractivity contribution in [2.75, 3.05) is 13.1 Å². The minimum atomic E-state index is -3.57. The number of sulfonamides is 1. The number of rotatable bonds is 4. The van der Waals surface area contributed by atoms with Crippen molar-refractivity contribution in [1.82, 2.24) is 14.9 Å². The number of nitrogens with one attached hydrogen (secondary N) is 2. The largest absolute Gasteiger partial charge is 0.340 e. The number of carbonyl (C=O) groups excluding carboxylic acids is 3. The molecule has 2 N–H and O–H groups in total. The second-order valence-electron chi connectivity index (χ2n) is 6.82. The van der Waals surface area contributed by atoms with Gasteiger partial charge in [-0.25, -0.2) is 8.42 Å². The lowest BCUT2D eigenvalue weighted by atomic mass is 10.1. The Balaban J connectivity index is 1.68. The Kier molecular flexibility index (Phi) is 5.91. The van der Waals surface area contributed by atoms with Gasteiger partial charge in [-0.2, -0.15) is 4.31 Å². The topological polar surface area (TPSA) is 113 Å². The number of hydrogen-bond donors (Lipinski definition) is 2. The van der Waals surface area contributed by atoms with Gasteiger partial charge in [-0.15, -0.1) is 0 Å². The molecule has 3 amide bonds. The number of nitrogens with zero attached hydrogens (tertiary/aromatic N) is 1. The summed E-state index contributed by atoms with van der Waals surface area (Å²) >= 11 is 0. The fourth-order valence-corrected chi connectivity index (χ4v) is 4.80. The van der Waals surface area contributed by atoms with Crippen LogP contribution in [0.25, 0.3) is 0 Å². The van der Waals surface area contributed by atoms with Gasteiger partial charge in [0.25, 0.3) is 5.91 Å². The molecular formula is C18H23N3O5S. The molecule has 2 saturated heterocycles. The molecule has 0 saturated carbocycles. The van der Waals surface area contributed by atoms with Crippen LogP contribution in [-0.2, 0) is 19.6 Å². The zero-order valence-corrected chi connectivity index (χ0v) is 15.8. The first kappa shape index (κ1) is 19.5. The Bertz CT molecular complexity index is 827. The van der Waals surface area contributed by atoms with Gasteiger partial charge in [-0.3, -0.25) is 19.7 Å². The van der Waals surface area contributed by atoms with Crippen LogP contribution in [0.2, 0.25) is 0 Å². The molecule has 1 aromatic rings. The highest BCUT2D eigenvalue weighted by Crippen LogP contribution is 2.20. The van der Waals surface area contributed by atoms with Crippen LogP contribution in [0, 0.1) is 0 Å². The van der Waals surface area contributed by atoms with E-state index in [-0.39, 0.29) is 29.2 Å². The van der Waals surface area contributed by atoms with E-state index in [1.165, 1.54) is 28.6 Å². The summed E-state index contributed by atoms with van der Waals surface area (Å²) in [6.45, 7) is 1.03. The van der Waals surface area contributed by atoms with E-state index in [1.54, 1.807) is 0 Å². The molecule has 1 atom stereocenters. The van der Waals surface area contributed by atoms with Crippen LogP contribution in [-0.4, -0.2) is 49.6 Å². The molecule has 2 aliphatic rings. The van der Waals surface area contributed by atoms with E-state index in [4.69, 9.17) is 0 Å². The highest BCUT2D eigenvalue weighted by Gasteiger charge is 2.29. The highest BCUT2D eigenvalue weighted by molar-refractivity contribution is 7.89. The maximum Gasteiger partial charge on any atom is 0.251 e. The fraction of sp³-hybridized carbons (Fsp3) is 0.500. The molecule has 0 radical (unpaired) electrons. The summed E-state index contributed by atoms with van der Waals surface area (Å²) in [5.41, 5.74) is 0.259. The monoisotopic (exact) mass is 393 g/mol. The Morgan fingerprint density at radius 3 is 2.26 bits per heavy atom. The average Bonchev–Trinajstić information content (AvgIpc) is 2.94. The van der Waals surface area contributed by atoms with Gasteiger partial charge < -0.3 is 5.32 Å². The molecule has 1 aromatic carbocycles. The van der Waals surface area contributed by atoms with E-state index >= 15 is 0 Å². The van der Waals surface area contributed by atoms with Crippen molar-refractivity contribution in [3.05, 3.63) is 29.8 Å². The minimum Gasteiger partial charge on any atom is -0.340 e. The van der Waals surface area contributed by atoms with Crippen LogP contribution >= 0.6 is 0 Å². The molecule has 2 fully saturated rings. The summed E-state index contributed by atoms with van der Waals surface area (Å²) in [6.07, 6.45) is 4.19. The molecule has 0 aromatic heterocycles. The lowest BCUT2D eigenvalue weighted by Crippen LogP contribution is -2.52. The number of hydrogen-bond acceptors (Lipinski definition) is 5. The Morgan fingerprint density at radius 1 is 1.04 bits per heavy atom. The average molecular weight is 393 g/mol. The van der Waals surface area contributed by atoms with Crippen LogP contribution in [0.5, 0.6) is 0 Å². The van der Waals surface area contributed by atoms with Gasteiger partial charge >= 0.3 is 0 Å². The van der Waals surface area contributed by atoms with E-state index < -0.39 is 27.9 Å². The van der Waals surface area contributed by atoms with Gasteiger partial charge in [-0.1, -0.05) is 12.8 Å². The molecule has 3 rings (SSSR count). The van der Waals surface area contributed by atoms with Crippen LogP contribution in [0.15, 0.2) is 29.2 Å². The second-order valence-corrected chi connectivity index (χ2v) is 8.76. The zero-order chi connectivity index (χ0) is 19.4. The third-order valence-electron chi connectivity index (χ3n) is 4.86. The fourth-order valence-electron chi connectivity index (χ4n) is 3.28. The Labute approximate surface area is 158 Å². The summed E-state index contributed by atoms with van der Waals surface area (Å²) in [5, 5.41) is 4.75. The Morgan fingerprint density at radius 2 is 1.67 bits per heavy atom. The maximum atomic E-state index is 12.8. The second kappa shape index (κ2) is 8.18. The van der Waals surface area contributed by atoms with Gasteiger partial charge in [0.1, 0.15) is 6.04 Å². The van der Waals surface area contributed by atoms with E-state index in [0.717, 1.165) is 25.7 Å². The lowest BCUT2D eigenvalue weighted by molar-refractivity contribution is -0.134. The van der Waals surface area contributed by atoms with E-state index in [1.807, 2.05) is 0 Å². The van der Waals surface area contributed by atoms with E-state index in [0.29, 0.717) is 13.1 Å². The summed E-state index contributed by atoms with van der Waals surface area (Å²) in [4.78, 5) is 35.3. The molecule has 146 valence electrons. The van der Waals surface area contributed by atoms with Crippen LogP contribution in [0.1, 0.15) is 48.9 Å². The number of benzene rings is 1. The third kappa shape index (κ3) is 4.54. The first-order valence-electron chi connectivity index (χ1n) is 9.13. The predicted octanol–water partition coefficient (Wildman–Crippen LogP) is 0.786. The summed E-state index contributed by atoms with van der Waals surface area (Å²) in [6, 6.07) is 4.94. The molecule has 8 nitrogen and oxygen atoms in total. The lowest BCUT2D eigenvalue weighted by Gasteiger charge is -2.22. The molecule has 0 bridgehead atoms. The van der Waals surface area contributed by atoms with Crippen LogP contribution in [0.4, 0.5) is 0 Å². The summed E-state index contributed by atoms with van der Waals surface area (Å²) in [5.74, 6) is -1.36. The van der Waals surface area contributed by atoms with Gasteiger partial charge in [-0.05, 0) is 43.5 Å². The predicted molar refractivity (Wildman–Crippen MR) is 97.3 cm³/mol. The summed E-state index contributed by atoms with van der Waals surface area (Å²) < 4.78 is 27.0. The van der Waals surface area contributed by atoms with Gasteiger partial charge in [0.15, 0.2) is 0 Å². The highest BCUT2D eigenvalue weighted by atomic mass is 32.2. The SMILES string of the molecule is O=C1CCC(NC(=O)c2ccc(S(=O)(=O)N3CCCCCC3)cc2)C(=O)N1. The number of carbonyl (C=O) groups is 3. The van der Waals surface area contributed by atoms with Gasteiger partial charge in [0.2, 0.25) is 21.8 Å². The first-order chi connectivity index (χ1) is 12.9. The van der Waals surface area contributed by atoms with Crippen molar-refractivity contribution in [2.24, 2.45) is 0 Å². The summed E-state index contributed by atoms with van der Waals surface area (Å²) in [7, 11) is -3.57. The number of amides is 3. The van der Waals surface area contributed by atoms with Crippen LogP contribution in [0.3, 0.4) is 0 Å². The van der Waals surface area contributed by atoms with Crippen LogP contribution < -0.4 is 10.6 Å². The van der Waals surface area contributed by atoms with Gasteiger partial charge in [0.05, 0.1) is 4.90 Å². The molecule has 2 aliphatic heterocycles. The van der Waals surface area contributed by atoms with Crippen molar-refractivity contribution in [3.8, 4) is 0 Å². The first-order valence-corrected chi connectivity index (χ1v) is 10.6. The maximum absolute atomic E-state index is 12.8. The van der Waals surface area contributed by atoms with E-state index in [9.17, 15) is 22.8 Å². The third-order valence-corrected chi connectivity index (χ3v) is 6.78. The van der Waals surface area contributed by atoms with Crippen molar-refractivity contribution < 1.29 is 22.8 Å². The molecular weight excluding hydrogens is 370 g/mol. The standard InChI is InChI=1S/C18H23N3O5S/c22-16-10-9-15(18(24)20-16)19-17(23)13-5-7-14(8-6-13)27(25,26)21-11-3-1-2-4-12-21/h5-8,15H,1-4,9-12H2,(H,19,23)(H,20,22,24). The molecule has 9 heteroatoms. The van der Waals surface area contributed by atoms with Crippen molar-refractivity contribution in [3.63, 3.8) is 0 Å². The number of imide groups is 1. The normalized spacial score (nSPS) is 22.0. The minimum absolute atomic E-state index is 0.155. The smallest absolute Gasteiger partial charge is 0.251 e. The molecule has 2 heterocycles. The molecule has 0 aliphatic carbocycles. The Hall–Kier alpha value is -2.26. The van der Waals surface area contributed by atoms with Crippen molar-refractivity contribution >= 4 is 27.7 Å². The molecule has 0 spiro atoms. The molecule has 27 heavy (non-hydrogen) atoms. The quantitative estimate of drug-likeness (QED) is 0.735. The molecule has 1 unspecified atom stereocenters. The van der Waals surface area contributed by atoms with Crippen molar-refractivity contribution in [1.29, 1.82) is 0 Å². The number of piperidine rings is 1. The van der Waals surface area contributed by atoms with Crippen molar-refractivity contribution in [2.45, 2.75) is 49.5 Å². The zero-order valence-electron chi connectivity index (χ0n) is 14.9.